The number of nitrogens with zero attached hydrogens (tertiary/aromatic N) is 1. The smallest absolute Gasteiger partial charge is 0.280 e. The van der Waals surface area contributed by atoms with E-state index in [-0.39, 0.29) is 5.91 Å². The number of carbonyl (C=O) groups excluding carboxylic acids is 1. The van der Waals surface area contributed by atoms with Gasteiger partial charge >= 0.3 is 0 Å². The van der Waals surface area contributed by atoms with Crippen molar-refractivity contribution in [3.63, 3.8) is 0 Å². The third-order valence-corrected chi connectivity index (χ3v) is 3.83. The molecule has 3 aromatic carbocycles. The Morgan fingerprint density at radius 2 is 1.73 bits per heavy atom. The molecule has 1 N–H and O–H groups in total. The minimum atomic E-state index is -0.647. The average Bonchev–Trinajstić information content (AvgIpc) is 2.68. The van der Waals surface area contributed by atoms with Gasteiger partial charge in [0, 0.05) is 6.21 Å². The molecule has 0 aliphatic heterocycles. The normalized spacial score (nSPS) is 12.5. The van der Waals surface area contributed by atoms with Gasteiger partial charge in [-0.05, 0) is 41.5 Å². The highest BCUT2D eigenvalue weighted by Crippen LogP contribution is 2.21. The second-order valence-corrected chi connectivity index (χ2v) is 5.79. The van der Waals surface area contributed by atoms with Crippen LogP contribution in [-0.2, 0) is 4.79 Å². The zero-order valence-electron chi connectivity index (χ0n) is 14.5. The second-order valence-electron chi connectivity index (χ2n) is 5.79. The van der Waals surface area contributed by atoms with Crippen molar-refractivity contribution in [1.29, 1.82) is 0 Å². The summed E-state index contributed by atoms with van der Waals surface area (Å²) in [7, 11) is 0. The quantitative estimate of drug-likeness (QED) is 0.531. The lowest BCUT2D eigenvalue weighted by Crippen LogP contribution is -2.33. The Kier molecular flexibility index (Phi) is 5.78. The molecule has 0 saturated carbocycles. The molecule has 4 nitrogen and oxygen atoms in total. The van der Waals surface area contributed by atoms with Crippen molar-refractivity contribution in [3.05, 3.63) is 84.4 Å². The summed E-state index contributed by atoms with van der Waals surface area (Å²) in [6, 6.07) is 23.6. The lowest BCUT2D eigenvalue weighted by molar-refractivity contribution is -0.127. The van der Waals surface area contributed by atoms with Gasteiger partial charge in [0.1, 0.15) is 5.75 Å². The maximum Gasteiger partial charge on any atom is 0.280 e. The van der Waals surface area contributed by atoms with Crippen LogP contribution in [0.1, 0.15) is 12.5 Å². The van der Waals surface area contributed by atoms with Crippen molar-refractivity contribution in [3.8, 4) is 5.75 Å². The number of rotatable bonds is 6. The molecule has 26 heavy (non-hydrogen) atoms. The van der Waals surface area contributed by atoms with Crippen LogP contribution in [0.5, 0.6) is 5.75 Å². The molecular weight excluding hydrogens is 324 g/mol. The highest BCUT2D eigenvalue weighted by Gasteiger charge is 2.13. The van der Waals surface area contributed by atoms with Gasteiger partial charge in [-0.3, -0.25) is 4.79 Å². The van der Waals surface area contributed by atoms with Crippen LogP contribution in [0.15, 0.2) is 84.0 Å². The first-order chi connectivity index (χ1) is 12.7. The van der Waals surface area contributed by atoms with Gasteiger partial charge in [0.15, 0.2) is 6.10 Å². The van der Waals surface area contributed by atoms with Gasteiger partial charge < -0.3 is 4.74 Å². The van der Waals surface area contributed by atoms with E-state index in [2.05, 4.69) is 10.5 Å². The number of allylic oxidation sites excluding steroid dienone is 1. The number of amides is 1. The van der Waals surface area contributed by atoms with E-state index in [4.69, 9.17) is 4.74 Å². The van der Waals surface area contributed by atoms with E-state index in [1.165, 1.54) is 6.21 Å². The Morgan fingerprint density at radius 3 is 2.54 bits per heavy atom. The Bertz CT molecular complexity index is 933. The maximum atomic E-state index is 12.1. The number of nitrogens with one attached hydrogen (secondary N) is 1. The van der Waals surface area contributed by atoms with E-state index in [9.17, 15) is 4.79 Å². The molecule has 1 amide bonds. The SMILES string of the molecule is CC(Oc1ccc2ccccc2c1)C(=O)N/N=C/C=C/c1ccccc1. The molecule has 3 aromatic rings. The average molecular weight is 344 g/mol. The summed E-state index contributed by atoms with van der Waals surface area (Å²) in [6.07, 6.45) is 4.56. The van der Waals surface area contributed by atoms with Gasteiger partial charge in [0.2, 0.25) is 0 Å². The van der Waals surface area contributed by atoms with Gasteiger partial charge in [-0.1, -0.05) is 66.7 Å². The lowest BCUT2D eigenvalue weighted by Gasteiger charge is -2.13. The zero-order chi connectivity index (χ0) is 18.2. The molecule has 0 aliphatic carbocycles. The van der Waals surface area contributed by atoms with Crippen LogP contribution in [0.3, 0.4) is 0 Å². The summed E-state index contributed by atoms with van der Waals surface area (Å²) < 4.78 is 5.71. The van der Waals surface area contributed by atoms with Gasteiger partial charge in [-0.15, -0.1) is 0 Å². The molecule has 0 aliphatic rings. The number of hydrogen-bond acceptors (Lipinski definition) is 3. The third kappa shape index (κ3) is 4.80. The van der Waals surface area contributed by atoms with Crippen molar-refractivity contribution in [1.82, 2.24) is 5.43 Å². The van der Waals surface area contributed by atoms with Crippen molar-refractivity contribution < 1.29 is 9.53 Å². The fraction of sp³-hybridized carbons (Fsp3) is 0.0909. The number of carbonyl (C=O) groups is 1. The van der Waals surface area contributed by atoms with E-state index in [0.29, 0.717) is 5.75 Å². The predicted octanol–water partition coefficient (Wildman–Crippen LogP) is 4.42. The minimum absolute atomic E-state index is 0.303. The molecule has 0 saturated heterocycles. The predicted molar refractivity (Wildman–Crippen MR) is 106 cm³/mol. The van der Waals surface area contributed by atoms with Gasteiger partial charge in [-0.25, -0.2) is 5.43 Å². The molecule has 130 valence electrons. The highest BCUT2D eigenvalue weighted by atomic mass is 16.5. The summed E-state index contributed by atoms with van der Waals surface area (Å²) in [4.78, 5) is 12.1. The Balaban J connectivity index is 1.52. The van der Waals surface area contributed by atoms with Crippen LogP contribution < -0.4 is 10.2 Å². The summed E-state index contributed by atoms with van der Waals surface area (Å²) >= 11 is 0. The first-order valence-corrected chi connectivity index (χ1v) is 8.42. The molecule has 0 fully saturated rings. The van der Waals surface area contributed by atoms with Gasteiger partial charge in [0.05, 0.1) is 0 Å². The van der Waals surface area contributed by atoms with Crippen molar-refractivity contribution in [2.45, 2.75) is 13.0 Å². The van der Waals surface area contributed by atoms with E-state index in [1.54, 1.807) is 13.0 Å². The second kappa shape index (κ2) is 8.62. The highest BCUT2D eigenvalue weighted by molar-refractivity contribution is 5.85. The molecule has 1 atom stereocenters. The van der Waals surface area contributed by atoms with E-state index < -0.39 is 6.10 Å². The third-order valence-electron chi connectivity index (χ3n) is 3.83. The Hall–Kier alpha value is -3.40. The number of hydrazone groups is 1. The molecule has 0 heterocycles. The van der Waals surface area contributed by atoms with Crippen LogP contribution in [0.4, 0.5) is 0 Å². The molecular formula is C22H20N2O2. The van der Waals surface area contributed by atoms with E-state index in [1.807, 2.05) is 78.9 Å². The van der Waals surface area contributed by atoms with Crippen LogP contribution >= 0.6 is 0 Å². The number of benzene rings is 3. The monoisotopic (exact) mass is 344 g/mol. The standard InChI is InChI=1S/C22H20N2O2/c1-17(26-21-14-13-19-11-5-6-12-20(19)16-21)22(25)24-23-15-7-10-18-8-3-2-4-9-18/h2-17H,1H3,(H,24,25)/b10-7+,23-15+. The molecule has 1 unspecified atom stereocenters. The first kappa shape index (κ1) is 17.4. The van der Waals surface area contributed by atoms with Crippen molar-refractivity contribution >= 4 is 29.0 Å². The zero-order valence-corrected chi connectivity index (χ0v) is 14.5. The van der Waals surface area contributed by atoms with Crippen molar-refractivity contribution in [2.75, 3.05) is 0 Å². The Labute approximate surface area is 152 Å². The van der Waals surface area contributed by atoms with Crippen molar-refractivity contribution in [2.24, 2.45) is 5.10 Å². The van der Waals surface area contributed by atoms with E-state index in [0.717, 1.165) is 16.3 Å². The maximum absolute atomic E-state index is 12.1. The fourth-order valence-corrected chi connectivity index (χ4v) is 2.45. The van der Waals surface area contributed by atoms with Gasteiger partial charge in [-0.2, -0.15) is 5.10 Å². The molecule has 0 bridgehead atoms. The summed E-state index contributed by atoms with van der Waals surface area (Å²) in [6.45, 7) is 1.69. The van der Waals surface area contributed by atoms with Gasteiger partial charge in [0.25, 0.3) is 5.91 Å². The van der Waals surface area contributed by atoms with Crippen LogP contribution in [0.25, 0.3) is 16.8 Å². The number of fused-ring (bicyclic) bond motifs is 1. The number of ether oxygens (including phenoxy) is 1. The molecule has 0 spiro atoms. The minimum Gasteiger partial charge on any atom is -0.481 e. The summed E-state index contributed by atoms with van der Waals surface area (Å²) in [5.74, 6) is 0.349. The Morgan fingerprint density at radius 1 is 1.00 bits per heavy atom. The van der Waals surface area contributed by atoms with Crippen LogP contribution in [0.2, 0.25) is 0 Å². The number of hydrogen-bond donors (Lipinski definition) is 1. The molecule has 0 radical (unpaired) electrons. The summed E-state index contributed by atoms with van der Waals surface area (Å²) in [5.41, 5.74) is 3.55. The summed E-state index contributed by atoms with van der Waals surface area (Å²) in [5, 5.41) is 6.11. The first-order valence-electron chi connectivity index (χ1n) is 8.42. The molecule has 4 heteroatoms. The largest absolute Gasteiger partial charge is 0.481 e. The van der Waals surface area contributed by atoms with Crippen LogP contribution in [0, 0.1) is 0 Å². The fourth-order valence-electron chi connectivity index (χ4n) is 2.45. The molecule has 0 aromatic heterocycles. The topological polar surface area (TPSA) is 50.7 Å². The van der Waals surface area contributed by atoms with E-state index >= 15 is 0 Å². The van der Waals surface area contributed by atoms with Crippen LogP contribution in [-0.4, -0.2) is 18.2 Å². The molecule has 3 rings (SSSR count). The lowest BCUT2D eigenvalue weighted by atomic mass is 10.1.